The predicted molar refractivity (Wildman–Crippen MR) is 82.8 cm³/mol. The third kappa shape index (κ3) is 4.06. The average Bonchev–Trinajstić information content (AvgIpc) is 2.48. The fraction of sp³-hybridized carbons (Fsp3) is 0.133. The summed E-state index contributed by atoms with van der Waals surface area (Å²) in [5.74, 6) is -0.519. The molecule has 1 aromatic heterocycles. The molecule has 0 aliphatic carbocycles. The number of amides is 1. The van der Waals surface area contributed by atoms with E-state index < -0.39 is 5.97 Å². The summed E-state index contributed by atoms with van der Waals surface area (Å²) in [5.41, 5.74) is 1.97. The number of aromatic nitrogens is 1. The number of carboxylic acids is 1. The molecule has 0 unspecified atom stereocenters. The maximum atomic E-state index is 12.1. The van der Waals surface area contributed by atoms with Gasteiger partial charge in [0.2, 0.25) is 0 Å². The van der Waals surface area contributed by atoms with Crippen molar-refractivity contribution >= 4 is 29.3 Å². The topological polar surface area (TPSA) is 79.3 Å². The van der Waals surface area contributed by atoms with Crippen LogP contribution in [0.5, 0.6) is 0 Å². The number of rotatable bonds is 5. The Morgan fingerprint density at radius 1 is 1.24 bits per heavy atom. The molecule has 0 aliphatic heterocycles. The first-order valence-corrected chi connectivity index (χ1v) is 7.58. The van der Waals surface area contributed by atoms with Crippen LogP contribution in [0.25, 0.3) is 0 Å². The molecule has 108 valence electrons. The summed E-state index contributed by atoms with van der Waals surface area (Å²) in [5, 5.41) is 11.5. The molecule has 0 saturated heterocycles. The summed E-state index contributed by atoms with van der Waals surface area (Å²) in [6, 6.07) is 10.2. The number of nitrogens with zero attached hydrogens (tertiary/aromatic N) is 1. The van der Waals surface area contributed by atoms with Gasteiger partial charge in [0.05, 0.1) is 0 Å². The van der Waals surface area contributed by atoms with Crippen molar-refractivity contribution < 1.29 is 14.7 Å². The van der Waals surface area contributed by atoms with Gasteiger partial charge >= 0.3 is 5.97 Å². The number of nitrogens with one attached hydrogen (secondary N) is 1. The van der Waals surface area contributed by atoms with E-state index in [1.54, 1.807) is 30.0 Å². The van der Waals surface area contributed by atoms with Gasteiger partial charge < -0.3 is 10.4 Å². The van der Waals surface area contributed by atoms with Crippen LogP contribution >= 0.6 is 11.8 Å². The summed E-state index contributed by atoms with van der Waals surface area (Å²) >= 11 is 1.71. The quantitative estimate of drug-likeness (QED) is 0.887. The van der Waals surface area contributed by atoms with E-state index in [9.17, 15) is 9.59 Å². The van der Waals surface area contributed by atoms with Crippen molar-refractivity contribution in [3.63, 3.8) is 0 Å². The van der Waals surface area contributed by atoms with E-state index in [1.165, 1.54) is 12.3 Å². The highest BCUT2D eigenvalue weighted by molar-refractivity contribution is 7.97. The molecule has 5 nitrogen and oxygen atoms in total. The molecule has 0 spiro atoms. The Morgan fingerprint density at radius 2 is 1.95 bits per heavy atom. The highest BCUT2D eigenvalue weighted by Crippen LogP contribution is 2.13. The van der Waals surface area contributed by atoms with Gasteiger partial charge in [0, 0.05) is 23.2 Å². The summed E-state index contributed by atoms with van der Waals surface area (Å²) < 4.78 is 0. The number of carbonyl (C=O) groups excluding carboxylic acids is 1. The van der Waals surface area contributed by atoms with Crippen molar-refractivity contribution in [2.24, 2.45) is 0 Å². The van der Waals surface area contributed by atoms with Gasteiger partial charge in [0.15, 0.2) is 0 Å². The van der Waals surface area contributed by atoms with Crippen molar-refractivity contribution in [2.45, 2.75) is 5.75 Å². The van der Waals surface area contributed by atoms with E-state index in [2.05, 4.69) is 10.3 Å². The van der Waals surface area contributed by atoms with Crippen LogP contribution in [0, 0.1) is 0 Å². The number of anilines is 1. The number of carbonyl (C=O) groups is 2. The number of hydrogen-bond acceptors (Lipinski definition) is 4. The largest absolute Gasteiger partial charge is 0.477 e. The van der Waals surface area contributed by atoms with Gasteiger partial charge in [-0.2, -0.15) is 11.8 Å². The van der Waals surface area contributed by atoms with Crippen molar-refractivity contribution in [3.05, 3.63) is 59.4 Å². The zero-order valence-electron chi connectivity index (χ0n) is 11.4. The summed E-state index contributed by atoms with van der Waals surface area (Å²) in [6.07, 6.45) is 3.37. The number of aromatic carboxylic acids is 1. The fourth-order valence-corrected chi connectivity index (χ4v) is 2.27. The second kappa shape index (κ2) is 6.90. The average molecular weight is 302 g/mol. The Labute approximate surface area is 126 Å². The standard InChI is InChI=1S/C15H14N2O3S/c1-21-9-10-2-4-11(5-3-10)14(18)17-12-6-7-16-13(8-12)15(19)20/h2-8H,9H2,1H3,(H,19,20)(H,16,17,18). The Morgan fingerprint density at radius 3 is 2.57 bits per heavy atom. The van der Waals surface area contributed by atoms with Crippen LogP contribution in [0.15, 0.2) is 42.6 Å². The molecule has 6 heteroatoms. The fourth-order valence-electron chi connectivity index (χ4n) is 1.75. The molecule has 21 heavy (non-hydrogen) atoms. The van der Waals surface area contributed by atoms with Gasteiger partial charge in [-0.05, 0) is 36.1 Å². The number of pyridine rings is 1. The van der Waals surface area contributed by atoms with Gasteiger partial charge in [-0.1, -0.05) is 12.1 Å². The van der Waals surface area contributed by atoms with Crippen molar-refractivity contribution in [1.82, 2.24) is 4.98 Å². The Hall–Kier alpha value is -2.34. The zero-order valence-corrected chi connectivity index (χ0v) is 12.2. The van der Waals surface area contributed by atoms with Gasteiger partial charge in [-0.25, -0.2) is 9.78 Å². The molecular formula is C15H14N2O3S. The van der Waals surface area contributed by atoms with Crippen molar-refractivity contribution in [2.75, 3.05) is 11.6 Å². The predicted octanol–water partition coefficient (Wildman–Crippen LogP) is 2.90. The van der Waals surface area contributed by atoms with Crippen LogP contribution in [-0.2, 0) is 5.75 Å². The van der Waals surface area contributed by atoms with Crippen LogP contribution in [0.4, 0.5) is 5.69 Å². The lowest BCUT2D eigenvalue weighted by molar-refractivity contribution is 0.0690. The summed E-state index contributed by atoms with van der Waals surface area (Å²) in [4.78, 5) is 26.6. The Bertz CT molecular complexity index is 656. The minimum absolute atomic E-state index is 0.108. The SMILES string of the molecule is CSCc1ccc(C(=O)Nc2ccnc(C(=O)O)c2)cc1. The molecule has 2 N–H and O–H groups in total. The first-order chi connectivity index (χ1) is 10.1. The molecule has 2 aromatic rings. The summed E-state index contributed by atoms with van der Waals surface area (Å²) in [6.45, 7) is 0. The number of hydrogen-bond donors (Lipinski definition) is 2. The molecule has 0 fully saturated rings. The molecule has 0 bridgehead atoms. The van der Waals surface area contributed by atoms with E-state index >= 15 is 0 Å². The van der Waals surface area contributed by atoms with Crippen LogP contribution < -0.4 is 5.32 Å². The van der Waals surface area contributed by atoms with E-state index in [0.717, 1.165) is 11.3 Å². The van der Waals surface area contributed by atoms with Crippen molar-refractivity contribution in [1.29, 1.82) is 0 Å². The van der Waals surface area contributed by atoms with Crippen LogP contribution in [-0.4, -0.2) is 28.2 Å². The monoisotopic (exact) mass is 302 g/mol. The molecule has 0 saturated carbocycles. The molecule has 0 aliphatic rings. The molecular weight excluding hydrogens is 288 g/mol. The van der Waals surface area contributed by atoms with E-state index in [4.69, 9.17) is 5.11 Å². The van der Waals surface area contributed by atoms with E-state index in [-0.39, 0.29) is 11.6 Å². The highest BCUT2D eigenvalue weighted by Gasteiger charge is 2.09. The number of thioether (sulfide) groups is 1. The minimum Gasteiger partial charge on any atom is -0.477 e. The van der Waals surface area contributed by atoms with Gasteiger partial charge in [-0.3, -0.25) is 4.79 Å². The molecule has 1 amide bonds. The first-order valence-electron chi connectivity index (χ1n) is 6.18. The Kier molecular flexibility index (Phi) is 4.94. The number of benzene rings is 1. The molecule has 1 heterocycles. The third-order valence-electron chi connectivity index (χ3n) is 2.76. The summed E-state index contributed by atoms with van der Waals surface area (Å²) in [7, 11) is 0. The second-order valence-corrected chi connectivity index (χ2v) is 5.18. The Balaban J connectivity index is 2.10. The molecule has 2 rings (SSSR count). The number of carboxylic acid groups (broad SMARTS) is 1. The third-order valence-corrected chi connectivity index (χ3v) is 3.39. The van der Waals surface area contributed by atoms with E-state index in [1.807, 2.05) is 18.4 Å². The van der Waals surface area contributed by atoms with Crippen molar-refractivity contribution in [3.8, 4) is 0 Å². The lowest BCUT2D eigenvalue weighted by Crippen LogP contribution is -2.12. The van der Waals surface area contributed by atoms with Crippen LogP contribution in [0.2, 0.25) is 0 Å². The van der Waals surface area contributed by atoms with Crippen LogP contribution in [0.1, 0.15) is 26.4 Å². The maximum absolute atomic E-state index is 12.1. The van der Waals surface area contributed by atoms with Gasteiger partial charge in [0.25, 0.3) is 5.91 Å². The molecule has 0 atom stereocenters. The minimum atomic E-state index is -1.13. The zero-order chi connectivity index (χ0) is 15.2. The normalized spacial score (nSPS) is 10.1. The van der Waals surface area contributed by atoms with Gasteiger partial charge in [-0.15, -0.1) is 0 Å². The highest BCUT2D eigenvalue weighted by atomic mass is 32.2. The molecule has 1 aromatic carbocycles. The maximum Gasteiger partial charge on any atom is 0.354 e. The second-order valence-electron chi connectivity index (χ2n) is 4.32. The first kappa shape index (κ1) is 15.1. The van der Waals surface area contributed by atoms with E-state index in [0.29, 0.717) is 11.3 Å². The van der Waals surface area contributed by atoms with Gasteiger partial charge in [0.1, 0.15) is 5.69 Å². The smallest absolute Gasteiger partial charge is 0.354 e. The van der Waals surface area contributed by atoms with Crippen LogP contribution in [0.3, 0.4) is 0 Å². The lowest BCUT2D eigenvalue weighted by atomic mass is 10.1. The lowest BCUT2D eigenvalue weighted by Gasteiger charge is -2.06. The molecule has 0 radical (unpaired) electrons.